The number of nitrogens with zero attached hydrogens (tertiary/aromatic N) is 1. The molecule has 6 rings (SSSR count). The van der Waals surface area contributed by atoms with E-state index in [2.05, 4.69) is 39.8 Å². The summed E-state index contributed by atoms with van der Waals surface area (Å²) in [6.45, 7) is 4.32. The van der Waals surface area contributed by atoms with Gasteiger partial charge in [0.15, 0.2) is 0 Å². The van der Waals surface area contributed by atoms with Crippen molar-refractivity contribution in [1.82, 2.24) is 5.32 Å². The molecule has 5 aliphatic rings. The van der Waals surface area contributed by atoms with E-state index < -0.39 is 0 Å². The average Bonchev–Trinajstić information content (AvgIpc) is 3.15. The van der Waals surface area contributed by atoms with Crippen LogP contribution in [0.2, 0.25) is 0 Å². The smallest absolute Gasteiger partial charge is 0.242 e. The Bertz CT molecular complexity index is 657. The minimum atomic E-state index is -0.198. The van der Waals surface area contributed by atoms with E-state index >= 15 is 0 Å². The Morgan fingerprint density at radius 2 is 1.56 bits per heavy atom. The lowest BCUT2D eigenvalue weighted by Crippen LogP contribution is -2.61. The van der Waals surface area contributed by atoms with Crippen molar-refractivity contribution >= 4 is 17.3 Å². The Morgan fingerprint density at radius 1 is 1.00 bits per heavy atom. The Kier molecular flexibility index (Phi) is 4.33. The number of benzene rings is 1. The Hall–Kier alpha value is -1.71. The van der Waals surface area contributed by atoms with Gasteiger partial charge in [-0.3, -0.25) is 4.79 Å². The van der Waals surface area contributed by atoms with Crippen LogP contribution in [0.15, 0.2) is 24.3 Å². The highest BCUT2D eigenvalue weighted by molar-refractivity contribution is 5.85. The van der Waals surface area contributed by atoms with Gasteiger partial charge in [-0.1, -0.05) is 0 Å². The van der Waals surface area contributed by atoms with E-state index in [9.17, 15) is 4.79 Å². The van der Waals surface area contributed by atoms with Gasteiger partial charge in [0.25, 0.3) is 0 Å². The van der Waals surface area contributed by atoms with Gasteiger partial charge < -0.3 is 15.5 Å². The summed E-state index contributed by atoms with van der Waals surface area (Å²) in [5.74, 6) is 2.74. The van der Waals surface area contributed by atoms with Gasteiger partial charge in [-0.05, 0) is 100 Å². The van der Waals surface area contributed by atoms with Crippen molar-refractivity contribution in [3.63, 3.8) is 0 Å². The van der Waals surface area contributed by atoms with Crippen molar-refractivity contribution in [1.29, 1.82) is 0 Å². The maximum Gasteiger partial charge on any atom is 0.242 e. The topological polar surface area (TPSA) is 44.4 Å². The van der Waals surface area contributed by atoms with Gasteiger partial charge in [-0.15, -0.1) is 0 Å². The molecule has 27 heavy (non-hydrogen) atoms. The number of nitrogens with one attached hydrogen (secondary N) is 2. The Morgan fingerprint density at radius 3 is 2.11 bits per heavy atom. The van der Waals surface area contributed by atoms with Crippen LogP contribution in [-0.4, -0.2) is 30.6 Å². The number of anilines is 2. The molecule has 4 saturated carbocycles. The van der Waals surface area contributed by atoms with Crippen LogP contribution in [0.1, 0.15) is 58.3 Å². The minimum Gasteiger partial charge on any atom is -0.374 e. The molecule has 1 heterocycles. The third-order valence-electron chi connectivity index (χ3n) is 7.54. The Labute approximate surface area is 163 Å². The molecule has 5 fully saturated rings. The number of hydrogen-bond donors (Lipinski definition) is 2. The second-order valence-electron chi connectivity index (χ2n) is 9.79. The summed E-state index contributed by atoms with van der Waals surface area (Å²) in [6, 6.07) is 8.38. The van der Waals surface area contributed by atoms with E-state index in [1.54, 1.807) is 0 Å². The predicted octanol–water partition coefficient (Wildman–Crippen LogP) is 4.17. The molecule has 4 heteroatoms. The number of amides is 1. The molecule has 1 aliphatic heterocycles. The molecule has 4 nitrogen and oxygen atoms in total. The van der Waals surface area contributed by atoms with Crippen LogP contribution in [0.25, 0.3) is 0 Å². The van der Waals surface area contributed by atoms with Gasteiger partial charge in [0, 0.05) is 30.0 Å². The number of rotatable bonds is 5. The zero-order chi connectivity index (χ0) is 18.4. The van der Waals surface area contributed by atoms with Crippen molar-refractivity contribution in [2.45, 2.75) is 69.9 Å². The lowest BCUT2D eigenvalue weighted by molar-refractivity contribution is -0.127. The lowest BCUT2D eigenvalue weighted by atomic mass is 9.53. The van der Waals surface area contributed by atoms with Gasteiger partial charge >= 0.3 is 0 Å². The fourth-order valence-electron chi connectivity index (χ4n) is 6.69. The van der Waals surface area contributed by atoms with Gasteiger partial charge in [0.2, 0.25) is 5.91 Å². The van der Waals surface area contributed by atoms with E-state index in [0.717, 1.165) is 36.5 Å². The molecule has 0 aromatic heterocycles. The van der Waals surface area contributed by atoms with Crippen molar-refractivity contribution in [2.75, 3.05) is 23.3 Å². The molecule has 1 atom stereocenters. The largest absolute Gasteiger partial charge is 0.374 e. The summed E-state index contributed by atoms with van der Waals surface area (Å²) < 4.78 is 0. The highest BCUT2D eigenvalue weighted by Crippen LogP contribution is 2.55. The van der Waals surface area contributed by atoms with Crippen LogP contribution in [0.5, 0.6) is 0 Å². The fraction of sp³-hybridized carbons (Fsp3) is 0.696. The lowest BCUT2D eigenvalue weighted by Gasteiger charge is -2.57. The van der Waals surface area contributed by atoms with Gasteiger partial charge in [-0.25, -0.2) is 0 Å². The van der Waals surface area contributed by atoms with E-state index in [4.69, 9.17) is 0 Å². The summed E-state index contributed by atoms with van der Waals surface area (Å²) in [4.78, 5) is 15.4. The maximum absolute atomic E-state index is 12.9. The van der Waals surface area contributed by atoms with Crippen LogP contribution >= 0.6 is 0 Å². The summed E-state index contributed by atoms with van der Waals surface area (Å²) in [5, 5.41) is 6.90. The first-order chi connectivity index (χ1) is 13.1. The van der Waals surface area contributed by atoms with Gasteiger partial charge in [0.1, 0.15) is 6.04 Å². The zero-order valence-corrected chi connectivity index (χ0v) is 16.5. The van der Waals surface area contributed by atoms with Crippen molar-refractivity contribution in [3.05, 3.63) is 24.3 Å². The van der Waals surface area contributed by atoms with Gasteiger partial charge in [-0.2, -0.15) is 0 Å². The summed E-state index contributed by atoms with van der Waals surface area (Å²) >= 11 is 0. The molecule has 2 N–H and O–H groups in total. The standard InChI is InChI=1S/C23H33N3O/c1-16(24-20-4-6-21(7-5-20)26-8-2-3-9-26)22(27)25-23-13-17-10-18(14-23)12-19(11-17)15-23/h4-7,16-19,24H,2-3,8-15H2,1H3,(H,25,27)/t16-,17?,18?,19?,23?/m0/s1. The molecule has 1 aromatic carbocycles. The fourth-order valence-corrected chi connectivity index (χ4v) is 6.69. The van der Waals surface area contributed by atoms with Crippen molar-refractivity contribution < 1.29 is 4.79 Å². The van der Waals surface area contributed by atoms with Crippen molar-refractivity contribution in [2.24, 2.45) is 17.8 Å². The first-order valence-corrected chi connectivity index (χ1v) is 11.0. The quantitative estimate of drug-likeness (QED) is 0.821. The molecule has 1 aromatic rings. The first-order valence-electron chi connectivity index (χ1n) is 11.0. The normalized spacial score (nSPS) is 35.3. The SMILES string of the molecule is C[C@H](Nc1ccc(N2CCCC2)cc1)C(=O)NC12CC3CC(CC(C3)C1)C2. The molecule has 1 amide bonds. The van der Waals surface area contributed by atoms with E-state index in [0.29, 0.717) is 0 Å². The molecular weight excluding hydrogens is 334 g/mol. The van der Waals surface area contributed by atoms with Crippen LogP contribution in [0.3, 0.4) is 0 Å². The Balaban J connectivity index is 1.20. The second-order valence-corrected chi connectivity index (χ2v) is 9.79. The van der Waals surface area contributed by atoms with Crippen LogP contribution in [-0.2, 0) is 4.79 Å². The molecule has 0 spiro atoms. The summed E-state index contributed by atoms with van der Waals surface area (Å²) in [5.41, 5.74) is 2.43. The third kappa shape index (κ3) is 3.43. The second kappa shape index (κ2) is 6.72. The molecular formula is C23H33N3O. The molecule has 4 bridgehead atoms. The van der Waals surface area contributed by atoms with Crippen LogP contribution in [0, 0.1) is 17.8 Å². The third-order valence-corrected chi connectivity index (χ3v) is 7.54. The highest BCUT2D eigenvalue weighted by atomic mass is 16.2. The number of hydrogen-bond acceptors (Lipinski definition) is 3. The molecule has 146 valence electrons. The summed E-state index contributed by atoms with van der Waals surface area (Å²) in [7, 11) is 0. The minimum absolute atomic E-state index is 0.0986. The molecule has 0 unspecified atom stereocenters. The first kappa shape index (κ1) is 17.4. The van der Waals surface area contributed by atoms with E-state index in [1.807, 2.05) is 6.92 Å². The number of carbonyl (C=O) groups is 1. The van der Waals surface area contributed by atoms with Crippen LogP contribution in [0.4, 0.5) is 11.4 Å². The maximum atomic E-state index is 12.9. The van der Waals surface area contributed by atoms with Crippen molar-refractivity contribution in [3.8, 4) is 0 Å². The molecule has 0 radical (unpaired) electrons. The van der Waals surface area contributed by atoms with Crippen LogP contribution < -0.4 is 15.5 Å². The predicted molar refractivity (Wildman–Crippen MR) is 110 cm³/mol. The highest BCUT2D eigenvalue weighted by Gasteiger charge is 2.51. The average molecular weight is 368 g/mol. The van der Waals surface area contributed by atoms with E-state index in [1.165, 1.54) is 57.1 Å². The zero-order valence-electron chi connectivity index (χ0n) is 16.5. The monoisotopic (exact) mass is 367 g/mol. The number of carbonyl (C=O) groups excluding carboxylic acids is 1. The van der Waals surface area contributed by atoms with E-state index in [-0.39, 0.29) is 17.5 Å². The summed E-state index contributed by atoms with van der Waals surface area (Å²) in [6.07, 6.45) is 10.4. The molecule has 1 saturated heterocycles. The molecule has 4 aliphatic carbocycles. The van der Waals surface area contributed by atoms with Gasteiger partial charge in [0.05, 0.1) is 0 Å².